The van der Waals surface area contributed by atoms with Gasteiger partial charge in [0, 0.05) is 97.5 Å². The monoisotopic (exact) mass is 1040 g/mol. The van der Waals surface area contributed by atoms with E-state index in [4.69, 9.17) is 4.74 Å². The maximum Gasteiger partial charge on any atom is 3.00 e. The molecule has 0 aromatic carbocycles. The minimum Gasteiger partial charge on any atom is -0.549 e. The Morgan fingerprint density at radius 3 is 1.94 bits per heavy atom. The molecule has 6 rings (SSSR count). The van der Waals surface area contributed by atoms with Crippen LogP contribution in [0.5, 0.6) is 0 Å². The number of carboxylic acids is 3. The summed E-state index contributed by atoms with van der Waals surface area (Å²) in [5.41, 5.74) is 2.13. The van der Waals surface area contributed by atoms with Crippen molar-refractivity contribution < 1.29 is 88.8 Å². The van der Waals surface area contributed by atoms with E-state index in [9.17, 15) is 44.1 Å². The van der Waals surface area contributed by atoms with Crippen LogP contribution in [-0.4, -0.2) is 162 Å². The van der Waals surface area contributed by atoms with Gasteiger partial charge in [-0.3, -0.25) is 38.7 Å². The molecule has 4 aliphatic carbocycles. The summed E-state index contributed by atoms with van der Waals surface area (Å²) >= 11 is 0. The van der Waals surface area contributed by atoms with E-state index in [2.05, 4.69) is 29.5 Å². The van der Waals surface area contributed by atoms with E-state index in [1.54, 1.807) is 25.6 Å². The third kappa shape index (κ3) is 14.1. The van der Waals surface area contributed by atoms with E-state index in [1.807, 2.05) is 11.0 Å². The first-order valence-corrected chi connectivity index (χ1v) is 23.1. The fourth-order valence-electron chi connectivity index (χ4n) is 11.8. The number of amides is 1. The Hall–Kier alpha value is -2.78. The van der Waals surface area contributed by atoms with Gasteiger partial charge in [0.25, 0.3) is 0 Å². The molecule has 1 radical (unpaired) electrons. The number of carbonyl (C=O) groups excluding carboxylic acids is 6. The second kappa shape index (κ2) is 24.3. The number of allylic oxidation sites excluding steroid dienone is 1. The van der Waals surface area contributed by atoms with Crippen LogP contribution in [0.15, 0.2) is 17.8 Å². The van der Waals surface area contributed by atoms with Crippen molar-refractivity contribution in [3.8, 4) is 0 Å². The number of hydrogen-bond donors (Lipinski definition) is 1. The Morgan fingerprint density at radius 2 is 1.34 bits per heavy atom. The van der Waals surface area contributed by atoms with Crippen LogP contribution in [0.2, 0.25) is 0 Å². The number of hydrogen-bond acceptors (Lipinski definition) is 16. The molecule has 3 saturated carbocycles. The number of carboxylic acid groups (broad SMARTS) is 3. The summed E-state index contributed by atoms with van der Waals surface area (Å²) < 4.78 is 7.68. The number of unbranched alkanes of at least 4 members (excludes halogenated alkanes) is 2. The molecular formula is C45H67GdN8O10. The number of Topliss-reactive ketones (excluding diaryl/α,β-unsaturated/α-hetero) is 1. The largest absolute Gasteiger partial charge is 3.00 e. The minimum absolute atomic E-state index is 0. The minimum atomic E-state index is -1.29. The quantitative estimate of drug-likeness (QED) is 0.152. The van der Waals surface area contributed by atoms with E-state index in [-0.39, 0.29) is 153 Å². The first kappa shape index (κ1) is 52.2. The average molecular weight is 1040 g/mol. The number of aromatic nitrogens is 3. The predicted molar refractivity (Wildman–Crippen MR) is 223 cm³/mol. The SMILES string of the molecule is C[C@]12CC[C@H]3[C@@H](CCC4=CC(=O)CC[C@@]43C)[C@@H]1CC[C@@H]2C(=O)COCCCCCn1cc(CNC(=O)CN2CCN(CC(=O)[O-])CCN(CC(=O)[O-])CCN(CC(=O)[O-])CC2)nn1.[Gd+3]. The van der Waals surface area contributed by atoms with E-state index in [1.165, 1.54) is 5.57 Å². The third-order valence-electron chi connectivity index (χ3n) is 15.2. The Bertz CT molecular complexity index is 1800. The van der Waals surface area contributed by atoms with Crippen LogP contribution in [0.3, 0.4) is 0 Å². The fraction of sp³-hybridized carbons (Fsp3) is 0.778. The van der Waals surface area contributed by atoms with Crippen LogP contribution in [-0.2, 0) is 46.6 Å². The van der Waals surface area contributed by atoms with Gasteiger partial charge >= 0.3 is 39.9 Å². The number of nitrogens with zero attached hydrogens (tertiary/aromatic N) is 7. The molecule has 64 heavy (non-hydrogen) atoms. The summed E-state index contributed by atoms with van der Waals surface area (Å²) in [5.74, 6) is -1.76. The van der Waals surface area contributed by atoms with Crippen molar-refractivity contribution in [2.24, 2.45) is 34.5 Å². The van der Waals surface area contributed by atoms with Crippen LogP contribution >= 0.6 is 0 Å². The standard InChI is InChI=1S/C45H70N8O10.Gd/c1-44-12-10-34(54)24-32(44)6-7-35-36-8-9-38(45(36,2)13-11-37(35)44)39(55)31-63-23-5-3-4-14-53-26-33(47-48-53)25-46-40(56)27-49-15-17-50(28-41(57)58)19-21-52(30-43(61)62)22-20-51(18-16-49)29-42(59)60;/h24,26,35-38H,3-23,25,27-31H2,1-2H3,(H,46,56)(H,57,58)(H,59,60)(H,61,62);/q;+3/p-3/t35-,36-,37-,38+,44-,45-;/m0./s1. The van der Waals surface area contributed by atoms with Gasteiger partial charge in [0.15, 0.2) is 11.6 Å². The van der Waals surface area contributed by atoms with Gasteiger partial charge in [0.1, 0.15) is 12.3 Å². The number of aryl methyl sites for hydroxylation is 1. The molecule has 355 valence electrons. The summed E-state index contributed by atoms with van der Waals surface area (Å²) in [6, 6.07) is 0. The number of ether oxygens (including phenoxy) is 1. The molecule has 1 aromatic heterocycles. The van der Waals surface area contributed by atoms with Crippen molar-refractivity contribution in [3.05, 3.63) is 23.5 Å². The van der Waals surface area contributed by atoms with Gasteiger partial charge in [-0.25, -0.2) is 0 Å². The summed E-state index contributed by atoms with van der Waals surface area (Å²) in [7, 11) is 0. The number of aliphatic carboxylic acids is 3. The van der Waals surface area contributed by atoms with Crippen molar-refractivity contribution in [1.29, 1.82) is 0 Å². The molecule has 1 amide bonds. The van der Waals surface area contributed by atoms with Crippen LogP contribution < -0.4 is 20.6 Å². The molecule has 6 atom stereocenters. The second-order valence-corrected chi connectivity index (χ2v) is 19.2. The zero-order valence-corrected chi connectivity index (χ0v) is 39.9. The number of fused-ring (bicyclic) bond motifs is 5. The molecule has 1 N–H and O–H groups in total. The van der Waals surface area contributed by atoms with Crippen molar-refractivity contribution in [1.82, 2.24) is 39.9 Å². The Kier molecular flexibility index (Phi) is 19.8. The molecule has 1 aliphatic heterocycles. The van der Waals surface area contributed by atoms with Gasteiger partial charge in [-0.15, -0.1) is 5.10 Å². The summed E-state index contributed by atoms with van der Waals surface area (Å²) in [6.07, 6.45) is 14.4. The normalized spacial score (nSPS) is 28.6. The predicted octanol–water partition coefficient (Wildman–Crippen LogP) is -1.73. The van der Waals surface area contributed by atoms with Crippen LogP contribution in [0, 0.1) is 74.4 Å². The van der Waals surface area contributed by atoms with Crippen LogP contribution in [0.1, 0.15) is 90.2 Å². The van der Waals surface area contributed by atoms with Crippen molar-refractivity contribution >= 4 is 35.4 Å². The van der Waals surface area contributed by atoms with Crippen LogP contribution in [0.4, 0.5) is 0 Å². The molecule has 18 nitrogen and oxygen atoms in total. The maximum atomic E-state index is 13.6. The summed E-state index contributed by atoms with van der Waals surface area (Å²) in [6.45, 7) is 7.07. The number of nitrogens with one attached hydrogen (secondary N) is 1. The van der Waals surface area contributed by atoms with E-state index >= 15 is 0 Å². The first-order chi connectivity index (χ1) is 30.1. The van der Waals surface area contributed by atoms with Gasteiger partial charge in [0.2, 0.25) is 5.91 Å². The zero-order valence-electron chi connectivity index (χ0n) is 37.6. The van der Waals surface area contributed by atoms with Crippen molar-refractivity contribution in [2.45, 2.75) is 97.6 Å². The fourth-order valence-corrected chi connectivity index (χ4v) is 11.8. The molecule has 1 saturated heterocycles. The van der Waals surface area contributed by atoms with Crippen LogP contribution in [0.25, 0.3) is 0 Å². The molecule has 5 aliphatic rings. The van der Waals surface area contributed by atoms with E-state index < -0.39 is 17.9 Å². The summed E-state index contributed by atoms with van der Waals surface area (Å²) in [4.78, 5) is 79.7. The average Bonchev–Trinajstić information content (AvgIpc) is 3.84. The molecular weight excluding hydrogens is 970 g/mol. The molecule has 0 bridgehead atoms. The maximum absolute atomic E-state index is 13.6. The molecule has 19 heteroatoms. The Morgan fingerprint density at radius 1 is 0.750 bits per heavy atom. The number of ketones is 2. The smallest absolute Gasteiger partial charge is 0.549 e. The van der Waals surface area contributed by atoms with E-state index in [0.717, 1.165) is 64.2 Å². The third-order valence-corrected chi connectivity index (χ3v) is 15.2. The number of rotatable bonds is 19. The number of carbonyl (C=O) groups is 6. The van der Waals surface area contributed by atoms with Crippen molar-refractivity contribution in [2.75, 3.05) is 91.8 Å². The van der Waals surface area contributed by atoms with E-state index in [0.29, 0.717) is 56.1 Å². The van der Waals surface area contributed by atoms with Gasteiger partial charge in [-0.2, -0.15) is 0 Å². The Labute approximate surface area is 408 Å². The molecule has 4 fully saturated rings. The Balaban J connectivity index is 0.00000771. The van der Waals surface area contributed by atoms with Gasteiger partial charge in [-0.05, 0) is 98.9 Å². The van der Waals surface area contributed by atoms with Crippen molar-refractivity contribution in [3.63, 3.8) is 0 Å². The first-order valence-electron chi connectivity index (χ1n) is 23.1. The summed E-state index contributed by atoms with van der Waals surface area (Å²) in [5, 5.41) is 45.5. The molecule has 0 spiro atoms. The molecule has 1 aromatic rings. The molecule has 0 unspecified atom stereocenters. The zero-order chi connectivity index (χ0) is 45.1. The van der Waals surface area contributed by atoms with Gasteiger partial charge in [-0.1, -0.05) is 24.6 Å². The van der Waals surface area contributed by atoms with Gasteiger partial charge < -0.3 is 39.8 Å². The molecule has 2 heterocycles. The second-order valence-electron chi connectivity index (χ2n) is 19.2. The van der Waals surface area contributed by atoms with Gasteiger partial charge in [0.05, 0.1) is 37.2 Å². The topological polar surface area (TPSA) is 237 Å².